The number of anilines is 5. The van der Waals surface area contributed by atoms with Gasteiger partial charge in [0, 0.05) is 76.7 Å². The maximum atomic E-state index is 12.5. The van der Waals surface area contributed by atoms with Gasteiger partial charge in [-0.05, 0) is 156 Å². The number of carbonyl (C=O) groups excluding carboxylic acids is 3. The lowest BCUT2D eigenvalue weighted by Crippen LogP contribution is -2.11. The van der Waals surface area contributed by atoms with Crippen LogP contribution in [0, 0.1) is 6.92 Å². The zero-order valence-corrected chi connectivity index (χ0v) is 93.1. The van der Waals surface area contributed by atoms with Crippen LogP contribution in [-0.4, -0.2) is 153 Å². The van der Waals surface area contributed by atoms with Gasteiger partial charge in [0.2, 0.25) is 11.4 Å². The number of aromatic nitrogens is 13. The Balaban J connectivity index is 0.000000165. The van der Waals surface area contributed by atoms with E-state index in [1.54, 1.807) is 150 Å². The quantitative estimate of drug-likeness (QED) is 0.0186. The highest BCUT2D eigenvalue weighted by Crippen LogP contribution is 2.40. The van der Waals surface area contributed by atoms with Gasteiger partial charge in [-0.1, -0.05) is 234 Å². The maximum Gasteiger partial charge on any atom is 0.569 e. The number of hydrogen-bond acceptors (Lipinski definition) is 33. The van der Waals surface area contributed by atoms with Gasteiger partial charge >= 0.3 is 37.5 Å². The number of carboxylic acids is 2. The molecule has 0 fully saturated rings. The number of ether oxygens (including phenoxy) is 5. The molecule has 0 aliphatic carbocycles. The minimum Gasteiger partial charge on any atom is -0.537 e. The zero-order chi connectivity index (χ0) is 106. The van der Waals surface area contributed by atoms with Crippen molar-refractivity contribution in [3.05, 3.63) is 333 Å². The third-order valence-electron chi connectivity index (χ3n) is 18.3. The molecule has 30 nitrogen and oxygen atoms in total. The second-order valence-electron chi connectivity index (χ2n) is 28.2. The van der Waals surface area contributed by atoms with E-state index in [2.05, 4.69) is 96.2 Å². The predicted octanol–water partition coefficient (Wildman–Crippen LogP) is 30.3. The molecule has 0 saturated carbocycles. The molecule has 146 heavy (non-hydrogen) atoms. The van der Waals surface area contributed by atoms with E-state index in [-0.39, 0.29) is 29.5 Å². The molecule has 18 aromatic rings. The summed E-state index contributed by atoms with van der Waals surface area (Å²) >= 11 is 95.3. The van der Waals surface area contributed by atoms with Gasteiger partial charge in [-0.25, -0.2) is 68.2 Å². The van der Waals surface area contributed by atoms with Crippen molar-refractivity contribution in [2.24, 2.45) is 0 Å². The lowest BCUT2D eigenvalue weighted by Gasteiger charge is -2.09. The number of nitrogens with zero attached hydrogens (tertiary/aromatic N) is 13. The van der Waals surface area contributed by atoms with Crippen LogP contribution in [0.25, 0.3) is 63.4 Å². The van der Waals surface area contributed by atoms with Crippen molar-refractivity contribution in [1.82, 2.24) is 64.9 Å². The van der Waals surface area contributed by atoms with Gasteiger partial charge in [-0.15, -0.1) is 89.6 Å². The van der Waals surface area contributed by atoms with Gasteiger partial charge in [0.1, 0.15) is 64.7 Å². The van der Waals surface area contributed by atoms with Gasteiger partial charge in [0.05, 0.1) is 118 Å². The fraction of sp³-hybridized carbons (Fsp3) is 0.0968. The number of methoxy groups -OCH3 is 4. The van der Waals surface area contributed by atoms with Crippen LogP contribution in [0.15, 0.2) is 218 Å². The molecule has 18 rings (SSSR count). The Kier molecular flexibility index (Phi) is 44.9. The average molecular weight is 2440 g/mol. The van der Waals surface area contributed by atoms with Gasteiger partial charge in [0.25, 0.3) is 0 Å². The van der Waals surface area contributed by atoms with Crippen LogP contribution >= 0.6 is 258 Å². The van der Waals surface area contributed by atoms with E-state index >= 15 is 0 Å². The molecule has 0 spiro atoms. The molecule has 7 N–H and O–H groups in total. The molecule has 753 valence electrons. The third-order valence-corrected chi connectivity index (χ3v) is 30.4. The number of esters is 3. The predicted molar refractivity (Wildman–Crippen MR) is 593 cm³/mol. The molecule has 9 heterocycles. The van der Waals surface area contributed by atoms with Crippen LogP contribution in [0.4, 0.5) is 29.1 Å². The number of nitrogens with two attached hydrogens (primary N) is 1. The maximum absolute atomic E-state index is 12.5. The second kappa shape index (κ2) is 56.7. The minimum absolute atomic E-state index is 0.0334. The normalized spacial score (nSPS) is 10.4. The molecule has 1 radical (unpaired) electrons. The van der Waals surface area contributed by atoms with Crippen molar-refractivity contribution in [2.75, 3.05) is 51.4 Å². The molecule has 0 aliphatic rings. The third kappa shape index (κ3) is 33.7. The Labute approximate surface area is 939 Å². The molecule has 0 saturated heterocycles. The first-order valence-electron chi connectivity index (χ1n) is 40.8. The van der Waals surface area contributed by atoms with Crippen molar-refractivity contribution in [2.45, 2.75) is 26.9 Å². The zero-order valence-electron chi connectivity index (χ0n) is 75.2. The second-order valence-corrected chi connectivity index (χ2v) is 41.2. The number of thiazole rings is 7. The molecule has 0 atom stereocenters. The molecule has 53 heteroatoms. The van der Waals surface area contributed by atoms with Gasteiger partial charge in [-0.3, -0.25) is 0 Å². The molecular formula is C93H67BBrCl14N16O14S7. The molecular weight excluding hydrogens is 2380 g/mol. The molecule has 0 aliphatic heterocycles. The summed E-state index contributed by atoms with van der Waals surface area (Å²) in [4.78, 5) is 86.4. The van der Waals surface area contributed by atoms with Crippen LogP contribution in [0.1, 0.15) is 76.2 Å². The fourth-order valence-corrected chi connectivity index (χ4v) is 19.0. The average Bonchev–Trinajstić information content (AvgIpc) is 1.66. The summed E-state index contributed by atoms with van der Waals surface area (Å²) in [6.07, 6.45) is 0. The first kappa shape index (κ1) is 116. The van der Waals surface area contributed by atoms with Crippen LogP contribution in [0.5, 0.6) is 17.2 Å². The number of nitrogen functional groups attached to an aromatic ring is 1. The number of halogens is 15. The largest absolute Gasteiger partial charge is 0.569 e. The smallest absolute Gasteiger partial charge is 0.537 e. The van der Waals surface area contributed by atoms with Crippen LogP contribution < -0.4 is 30.5 Å². The van der Waals surface area contributed by atoms with E-state index in [1.165, 1.54) is 98.4 Å². The summed E-state index contributed by atoms with van der Waals surface area (Å²) in [6.45, 7) is 4.62. The Hall–Kier alpha value is -10.6. The van der Waals surface area contributed by atoms with E-state index in [4.69, 9.17) is 192 Å². The number of rotatable bonds is 24. The Morgan fingerprint density at radius 2 is 0.705 bits per heavy atom. The van der Waals surface area contributed by atoms with Crippen molar-refractivity contribution >= 4 is 324 Å². The highest BCUT2D eigenvalue weighted by atomic mass is 79.9. The summed E-state index contributed by atoms with van der Waals surface area (Å²) in [7, 11) is 6.43. The lowest BCUT2D eigenvalue weighted by atomic mass is 10.2. The highest BCUT2D eigenvalue weighted by molar-refractivity contribution is 9.11. The number of carbonyl (C=O) groups is 5. The molecule has 9 aromatic carbocycles. The van der Waals surface area contributed by atoms with Crippen molar-refractivity contribution in [3.63, 3.8) is 0 Å². The van der Waals surface area contributed by atoms with Crippen LogP contribution in [-0.2, 0) is 27.3 Å². The van der Waals surface area contributed by atoms with Crippen molar-refractivity contribution in [1.29, 1.82) is 0 Å². The van der Waals surface area contributed by atoms with Crippen LogP contribution in [0.3, 0.4) is 0 Å². The SMILES string of the molecule is CCOC(=O)c1nnn(Cc2ccc(OC)cc2)c1Nc1csc(-c2ccc(Cl)c(Cl)c2)n1.COC(=O)c1csc(-c2ccc(Cl)c(Cl)c2)n1.COC(=O)c1csc(Br)n1.COc1ccc(Cn2nnc(C(=O)O)c2Nc2csc(-c3ccc(Cl)c(Cl)c3)n2)cc1.Cc1csc(-c2ccc(Cl)c(Cl)c2)n1.Nc1csc(-c2ccc(Cl)c(Cl)c2)n1.O=C(O)c1csc(-c2ccc(Cl)c(Cl)c2)n1.O[B]Oc1ccc(Cl)c(Cl)c1. The molecule has 0 unspecified atom stereocenters. The van der Waals surface area contributed by atoms with E-state index in [0.29, 0.717) is 150 Å². The summed E-state index contributed by atoms with van der Waals surface area (Å²) in [5.74, 6) is 0.408. The van der Waals surface area contributed by atoms with E-state index in [0.717, 1.165) is 76.7 Å². The van der Waals surface area contributed by atoms with Crippen LogP contribution in [0.2, 0.25) is 70.3 Å². The first-order chi connectivity index (χ1) is 69.9. The highest BCUT2D eigenvalue weighted by Gasteiger charge is 2.26. The van der Waals surface area contributed by atoms with E-state index in [9.17, 15) is 29.1 Å². The molecule has 9 aromatic heterocycles. The number of aromatic carboxylic acids is 2. The fourth-order valence-electron chi connectivity index (χ4n) is 11.4. The topological polar surface area (TPSA) is 403 Å². The Bertz CT molecular complexity index is 7490. The first-order valence-corrected chi connectivity index (χ1v) is 53.0. The number of benzene rings is 9. The van der Waals surface area contributed by atoms with Gasteiger partial charge < -0.3 is 59.9 Å². The van der Waals surface area contributed by atoms with E-state index in [1.807, 2.05) is 96.5 Å². The van der Waals surface area contributed by atoms with Crippen molar-refractivity contribution in [3.8, 4) is 80.7 Å². The summed E-state index contributed by atoms with van der Waals surface area (Å²) in [6, 6.07) is 51.4. The lowest BCUT2D eigenvalue weighted by molar-refractivity contribution is 0.0518. The summed E-state index contributed by atoms with van der Waals surface area (Å²) in [5, 5.41) is 72.1. The van der Waals surface area contributed by atoms with Gasteiger partial charge in [0.15, 0.2) is 32.6 Å². The molecule has 0 amide bonds. The number of aryl methyl sites for hydroxylation is 1. The minimum atomic E-state index is -1.19. The van der Waals surface area contributed by atoms with Crippen molar-refractivity contribution < 1.29 is 67.5 Å². The standard InChI is InChI=1S/C22H19Cl2N5O3S.C20H15Cl2N5O3S.C11H7Cl2NO2S.C10H5Cl2NO2S.C10H7Cl2NS.C9H6Cl2N2S.C6H4BCl2O2.C5H4BrNO2S/c1-3-32-22(30)19-20(29(28-27-19)11-13-4-7-15(31-2)8-5-13)25-18-12-33-21(26-18)14-6-9-16(23)17(24)10-14;1-30-13-5-2-11(3-6-13)9-27-18(17(20(28)29)25-26-27)23-16-10-31-19(24-16)12-4-7-14(21)15(22)8-12;1-16-11(15)9-5-17-10(14-9)6-2-3-7(12)8(13)4-6;11-6-2-1-5(3-7(6)12)9-13-8(4-16-9)10(14)15;1-6-5-14-10(13-6)7-2-3-8(11)9(12)4-7;10-6-2-1-5(3-7(6)11)9-13-8(12)4-14-9;8-5-2-1-4(11-7-10)3-6(5)9;1-9-4(8)3-2-10-5(6)7-3/h4-10,12,25H,3,11H2,1-2H3;2-8,10,23H,9H2,1H3,(H,28,29);2-5H,1H3;1-4H,(H,14,15);2-5H,1H3;1-4H,12H2;1-3,10H;2H,1H3. The summed E-state index contributed by atoms with van der Waals surface area (Å²) < 4.78 is 32.9. The monoisotopic (exact) mass is 2430 g/mol. The Morgan fingerprint density at radius 3 is 1.03 bits per heavy atom. The number of nitrogens with one attached hydrogen (secondary N) is 2. The molecule has 0 bridgehead atoms. The Morgan fingerprint density at radius 1 is 0.377 bits per heavy atom. The van der Waals surface area contributed by atoms with Gasteiger partial charge in [-0.2, -0.15) is 0 Å². The number of carboxylic acid groups (broad SMARTS) is 2. The van der Waals surface area contributed by atoms with E-state index < -0.39 is 29.8 Å². The number of hydrogen-bond donors (Lipinski definition) is 6. The summed E-state index contributed by atoms with van der Waals surface area (Å²) in [5.41, 5.74) is 14.1.